The minimum absolute atomic E-state index is 0.0200. The highest BCUT2D eigenvalue weighted by molar-refractivity contribution is 5.96. The van der Waals surface area contributed by atoms with Crippen molar-refractivity contribution in [1.29, 1.82) is 0 Å². The highest BCUT2D eigenvalue weighted by atomic mass is 16.5. The van der Waals surface area contributed by atoms with Crippen LogP contribution in [-0.4, -0.2) is 42.0 Å². The number of hydrogen-bond acceptors (Lipinski definition) is 5. The van der Waals surface area contributed by atoms with Crippen LogP contribution in [0, 0.1) is 0 Å². The molecule has 0 aliphatic carbocycles. The monoisotopic (exact) mass is 499 g/mol. The first-order valence-corrected chi connectivity index (χ1v) is 12.6. The Bertz CT molecular complexity index is 1350. The van der Waals surface area contributed by atoms with E-state index in [4.69, 9.17) is 14.5 Å². The topological polar surface area (TPSA) is 82.5 Å². The zero-order valence-electron chi connectivity index (χ0n) is 21.4. The van der Waals surface area contributed by atoms with Gasteiger partial charge in [-0.05, 0) is 42.7 Å². The van der Waals surface area contributed by atoms with Gasteiger partial charge < -0.3 is 19.4 Å². The molecule has 37 heavy (non-hydrogen) atoms. The van der Waals surface area contributed by atoms with Crippen LogP contribution in [0.5, 0.6) is 11.5 Å². The molecule has 1 amide bonds. The number of ether oxygens (including phenoxy) is 2. The summed E-state index contributed by atoms with van der Waals surface area (Å²) in [7, 11) is 3.17. The summed E-state index contributed by atoms with van der Waals surface area (Å²) in [6.45, 7) is 0.890. The number of aryl methyl sites for hydroxylation is 1. The van der Waals surface area contributed by atoms with Crippen LogP contribution in [0.25, 0.3) is 11.0 Å². The summed E-state index contributed by atoms with van der Waals surface area (Å²) in [5.74, 6) is 2.23. The molecule has 0 bridgehead atoms. The molecule has 0 spiro atoms. The van der Waals surface area contributed by atoms with Crippen LogP contribution < -0.4 is 14.8 Å². The number of rotatable bonds is 13. The first kappa shape index (κ1) is 25.9. The lowest BCUT2D eigenvalue weighted by atomic mass is 10.1. The molecular weight excluding hydrogens is 466 g/mol. The second-order valence-corrected chi connectivity index (χ2v) is 8.92. The summed E-state index contributed by atoms with van der Waals surface area (Å²) in [5.41, 5.74) is 3.46. The highest BCUT2D eigenvalue weighted by Crippen LogP contribution is 2.27. The largest absolute Gasteiger partial charge is 0.493 e. The molecule has 0 aliphatic rings. The molecule has 0 aliphatic heterocycles. The van der Waals surface area contributed by atoms with Crippen molar-refractivity contribution in [2.45, 2.75) is 38.6 Å². The molecule has 0 atom stereocenters. The molecule has 7 nitrogen and oxygen atoms in total. The molecule has 192 valence electrons. The number of nitrogens with one attached hydrogen (secondary N) is 1. The Hall–Kier alpha value is -4.13. The molecular formula is C30H33N3O4. The van der Waals surface area contributed by atoms with Crippen molar-refractivity contribution < 1.29 is 19.1 Å². The van der Waals surface area contributed by atoms with Gasteiger partial charge in [0, 0.05) is 18.5 Å². The summed E-state index contributed by atoms with van der Waals surface area (Å²) in [6.07, 6.45) is 3.82. The van der Waals surface area contributed by atoms with E-state index in [1.54, 1.807) is 14.2 Å². The molecule has 4 rings (SSSR count). The number of hydrogen-bond donors (Lipinski definition) is 1. The van der Waals surface area contributed by atoms with Crippen LogP contribution in [0.2, 0.25) is 0 Å². The molecule has 0 saturated carbocycles. The van der Waals surface area contributed by atoms with Gasteiger partial charge in [-0.3, -0.25) is 9.59 Å². The van der Waals surface area contributed by atoms with E-state index in [-0.39, 0.29) is 18.2 Å². The molecule has 7 heteroatoms. The number of amides is 1. The number of Topliss-reactive ketones (excluding diaryl/α,β-unsaturated/α-hetero) is 1. The van der Waals surface area contributed by atoms with Crippen molar-refractivity contribution in [3.63, 3.8) is 0 Å². The molecule has 0 radical (unpaired) electrons. The van der Waals surface area contributed by atoms with Crippen molar-refractivity contribution >= 4 is 22.7 Å². The van der Waals surface area contributed by atoms with Gasteiger partial charge >= 0.3 is 0 Å². The molecule has 0 fully saturated rings. The number of unbranched alkanes of at least 4 members (excludes halogenated alkanes) is 2. The van der Waals surface area contributed by atoms with Crippen molar-refractivity contribution in [2.75, 3.05) is 20.8 Å². The molecule has 4 aromatic rings. The number of fused-ring (bicyclic) bond motifs is 1. The number of carbonyl (C=O) groups excluding carboxylic acids is 2. The average molecular weight is 500 g/mol. The van der Waals surface area contributed by atoms with E-state index in [0.29, 0.717) is 30.0 Å². The minimum atomic E-state index is -0.0200. The minimum Gasteiger partial charge on any atom is -0.493 e. The SMILES string of the molecule is COc1ccc(CC(=O)NCCCCCc2nc3ccccc3n2CC(=O)c2ccccc2)cc1OC. The van der Waals surface area contributed by atoms with Crippen LogP contribution in [-0.2, 0) is 24.2 Å². The van der Waals surface area contributed by atoms with Gasteiger partial charge in [0.1, 0.15) is 5.82 Å². The van der Waals surface area contributed by atoms with Crippen molar-refractivity contribution in [2.24, 2.45) is 0 Å². The highest BCUT2D eigenvalue weighted by Gasteiger charge is 2.14. The molecule has 1 aromatic heterocycles. The van der Waals surface area contributed by atoms with Gasteiger partial charge in [-0.2, -0.15) is 0 Å². The molecule has 0 unspecified atom stereocenters. The van der Waals surface area contributed by atoms with Gasteiger partial charge in [0.15, 0.2) is 17.3 Å². The van der Waals surface area contributed by atoms with Crippen molar-refractivity contribution in [3.05, 3.63) is 89.7 Å². The van der Waals surface area contributed by atoms with E-state index in [9.17, 15) is 9.59 Å². The van der Waals surface area contributed by atoms with E-state index in [2.05, 4.69) is 5.32 Å². The van der Waals surface area contributed by atoms with Crippen molar-refractivity contribution in [1.82, 2.24) is 14.9 Å². The standard InChI is InChI=1S/C30H33N3O4/c1-36-27-17-16-22(19-28(27)37-2)20-30(35)31-18-10-4-7-15-29-32-24-13-8-9-14-25(24)33(29)21-26(34)23-11-5-3-6-12-23/h3,5-6,8-9,11-14,16-17,19H,4,7,10,15,18,20-21H2,1-2H3,(H,31,35). The Morgan fingerprint density at radius 1 is 0.865 bits per heavy atom. The van der Waals surface area contributed by atoms with E-state index in [1.807, 2.05) is 77.4 Å². The molecule has 1 heterocycles. The van der Waals surface area contributed by atoms with Crippen LogP contribution in [0.1, 0.15) is 41.0 Å². The lowest BCUT2D eigenvalue weighted by molar-refractivity contribution is -0.120. The number of aromatic nitrogens is 2. The third-order valence-corrected chi connectivity index (χ3v) is 6.34. The van der Waals surface area contributed by atoms with Gasteiger partial charge in [0.2, 0.25) is 5.91 Å². The van der Waals surface area contributed by atoms with E-state index in [0.717, 1.165) is 48.1 Å². The second kappa shape index (κ2) is 12.7. The fourth-order valence-corrected chi connectivity index (χ4v) is 4.40. The van der Waals surface area contributed by atoms with Crippen LogP contribution in [0.15, 0.2) is 72.8 Å². The Balaban J connectivity index is 1.26. The van der Waals surface area contributed by atoms with Gasteiger partial charge in [-0.15, -0.1) is 0 Å². The number of nitrogens with zero attached hydrogens (tertiary/aromatic N) is 2. The van der Waals surface area contributed by atoms with Crippen LogP contribution >= 0.6 is 0 Å². The smallest absolute Gasteiger partial charge is 0.224 e. The number of imidazole rings is 1. The van der Waals surface area contributed by atoms with Gasteiger partial charge in [0.05, 0.1) is 38.2 Å². The van der Waals surface area contributed by atoms with Gasteiger partial charge in [-0.1, -0.05) is 55.0 Å². The predicted molar refractivity (Wildman–Crippen MR) is 144 cm³/mol. The zero-order valence-corrected chi connectivity index (χ0v) is 21.4. The number of ketones is 1. The Morgan fingerprint density at radius 2 is 1.62 bits per heavy atom. The van der Waals surface area contributed by atoms with Crippen LogP contribution in [0.4, 0.5) is 0 Å². The normalized spacial score (nSPS) is 10.9. The third kappa shape index (κ3) is 6.76. The summed E-state index contributed by atoms with van der Waals surface area (Å²) < 4.78 is 12.6. The summed E-state index contributed by atoms with van der Waals surface area (Å²) in [6, 6.07) is 22.8. The van der Waals surface area contributed by atoms with Gasteiger partial charge in [0.25, 0.3) is 0 Å². The average Bonchev–Trinajstić information content (AvgIpc) is 3.27. The van der Waals surface area contributed by atoms with E-state index < -0.39 is 0 Å². The number of carbonyl (C=O) groups is 2. The zero-order chi connectivity index (χ0) is 26.0. The molecule has 1 N–H and O–H groups in total. The lowest BCUT2D eigenvalue weighted by Crippen LogP contribution is -2.26. The maximum absolute atomic E-state index is 12.9. The summed E-state index contributed by atoms with van der Waals surface area (Å²) in [5, 5.41) is 3.00. The first-order chi connectivity index (χ1) is 18.1. The lowest BCUT2D eigenvalue weighted by Gasteiger charge is -2.10. The maximum Gasteiger partial charge on any atom is 0.224 e. The van der Waals surface area contributed by atoms with E-state index >= 15 is 0 Å². The second-order valence-electron chi connectivity index (χ2n) is 8.92. The first-order valence-electron chi connectivity index (χ1n) is 12.6. The van der Waals surface area contributed by atoms with E-state index in [1.165, 1.54) is 0 Å². The fourth-order valence-electron chi connectivity index (χ4n) is 4.40. The predicted octanol–water partition coefficient (Wildman–Crippen LogP) is 5.01. The Morgan fingerprint density at radius 3 is 2.41 bits per heavy atom. The Kier molecular flexibility index (Phi) is 8.92. The number of benzene rings is 3. The van der Waals surface area contributed by atoms with Crippen molar-refractivity contribution in [3.8, 4) is 11.5 Å². The maximum atomic E-state index is 12.9. The fraction of sp³-hybridized carbons (Fsp3) is 0.300. The third-order valence-electron chi connectivity index (χ3n) is 6.34. The quantitative estimate of drug-likeness (QED) is 0.207. The summed E-state index contributed by atoms with van der Waals surface area (Å²) >= 11 is 0. The molecule has 3 aromatic carbocycles. The van der Waals surface area contributed by atoms with Crippen LogP contribution in [0.3, 0.4) is 0 Å². The molecule has 0 saturated heterocycles. The number of methoxy groups -OCH3 is 2. The number of para-hydroxylation sites is 2. The summed E-state index contributed by atoms with van der Waals surface area (Å²) in [4.78, 5) is 30.0. The Labute approximate surface area is 217 Å². The van der Waals surface area contributed by atoms with Gasteiger partial charge in [-0.25, -0.2) is 4.98 Å².